The molecule has 24 heteroatoms. The third-order valence-corrected chi connectivity index (χ3v) is 24.3. The number of aliphatic hydroxyl groups is 8. The summed E-state index contributed by atoms with van der Waals surface area (Å²) in [6.45, 7) is 19.9. The van der Waals surface area contributed by atoms with Crippen LogP contribution < -0.4 is 0 Å². The van der Waals surface area contributed by atoms with Crippen LogP contribution in [0.5, 0.6) is 0 Å². The van der Waals surface area contributed by atoms with E-state index in [9.17, 15) is 40.9 Å². The van der Waals surface area contributed by atoms with Crippen molar-refractivity contribution in [1.29, 1.82) is 0 Å². The number of aryl methyl sites for hydroxylation is 8. The summed E-state index contributed by atoms with van der Waals surface area (Å²) in [5, 5.41) is 80.8. The smallest absolute Gasteiger partial charge is 0.184 e. The van der Waals surface area contributed by atoms with Crippen LogP contribution in [0.3, 0.4) is 0 Å². The van der Waals surface area contributed by atoms with Crippen LogP contribution in [0.1, 0.15) is 219 Å². The lowest BCUT2D eigenvalue weighted by atomic mass is 9.93. The number of fused-ring (bicyclic) bond motifs is 4. The van der Waals surface area contributed by atoms with E-state index in [-0.39, 0.29) is 12.2 Å². The lowest BCUT2D eigenvalue weighted by Gasteiger charge is -2.50. The molecule has 124 heavy (non-hydrogen) atoms. The maximum absolute atomic E-state index is 10.7. The molecule has 0 saturated carbocycles. The first-order chi connectivity index (χ1) is 60.3. The first kappa shape index (κ1) is 94.4. The van der Waals surface area contributed by atoms with Gasteiger partial charge in [0.15, 0.2) is 50.3 Å². The van der Waals surface area contributed by atoms with Gasteiger partial charge >= 0.3 is 0 Å². The largest absolute Gasteiger partial charge is 0.394 e. The second-order valence-corrected chi connectivity index (χ2v) is 33.3. The SMILES string of the molecule is CCCC1OC(c2ccc(CC)cc2)OC2C(C(O)CO)OC(c3ccc(CC)cc3)OC12.CCCc1ccc(C2OC(C(O)CO)C3OC(c4ccc(CCC)cc4)OC(CCC)C3O2)cc1.Cc1ccc(C2OC3COC(c4ccccc4)OC3C(C(O)CO)O2)cc1C.Cc1ccc(C2OCC3OC(c4ccccc4)OC(C(O)CO)C3O2)cc1C. The first-order valence-electron chi connectivity index (χ1n) is 44.4. The molecule has 8 aromatic rings. The van der Waals surface area contributed by atoms with Crippen LogP contribution in [0.25, 0.3) is 0 Å². The van der Waals surface area contributed by atoms with Gasteiger partial charge in [-0.05, 0) is 111 Å². The van der Waals surface area contributed by atoms with Crippen LogP contribution in [0.15, 0.2) is 194 Å². The van der Waals surface area contributed by atoms with E-state index < -0.39 is 174 Å². The van der Waals surface area contributed by atoms with Crippen LogP contribution >= 0.6 is 0 Å². The summed E-state index contributed by atoms with van der Waals surface area (Å²) in [7, 11) is 0. The van der Waals surface area contributed by atoms with Crippen LogP contribution in [-0.2, 0) is 101 Å². The zero-order valence-corrected chi connectivity index (χ0v) is 72.9. The zero-order valence-electron chi connectivity index (χ0n) is 72.9. The lowest BCUT2D eigenvalue weighted by Crippen LogP contribution is -2.61. The van der Waals surface area contributed by atoms with E-state index >= 15 is 0 Å². The number of benzene rings is 8. The molecule has 24 nitrogen and oxygen atoms in total. The predicted molar refractivity (Wildman–Crippen MR) is 461 cm³/mol. The first-order valence-corrected chi connectivity index (χ1v) is 44.4. The van der Waals surface area contributed by atoms with Crippen molar-refractivity contribution in [3.8, 4) is 0 Å². The highest BCUT2D eigenvalue weighted by molar-refractivity contribution is 5.34. The van der Waals surface area contributed by atoms with Crippen molar-refractivity contribution in [3.63, 3.8) is 0 Å². The number of rotatable bonds is 26. The topological polar surface area (TPSA) is 310 Å². The van der Waals surface area contributed by atoms with Gasteiger partial charge in [0, 0.05) is 44.5 Å². The highest BCUT2D eigenvalue weighted by atomic mass is 16.8. The van der Waals surface area contributed by atoms with Gasteiger partial charge in [-0.25, -0.2) is 0 Å². The lowest BCUT2D eigenvalue weighted by molar-refractivity contribution is -0.391. The summed E-state index contributed by atoms with van der Waals surface area (Å²) in [5.41, 5.74) is 16.8. The molecule has 0 amide bonds. The standard InChI is InChI=1S/C29H40O6.C27H36O6.2C22H26O6/c1-4-7-19-10-14-21(15-11-19)28-32-24(9-6-3)26-27(35-28)25(23(31)18-30)33-29(34-26)22-16-12-20(8-5-2)13-17-22;1-4-7-22-24-25(33-26(30-22)19-12-8-17(5-2)9-13-19)23(21(29)16-28)31-27(32-24)20-14-10-18(6-3)11-15-20;1-13-8-9-16(10-14(13)2)21-25-12-18-20(28-21)19(17(24)11-23)27-22(26-18)15-6-4-3-5-7-15;1-13-8-9-16(10-14(13)2)22-26-18-12-25-21(15-6-4-3-5-7-15)28-20(18)19(27-22)17(24)11-23/h10-17,23-31H,4-9,18H2,1-3H3;8-15,21-29H,4-7,16H2,1-3H3;2*3-10,17-24H,11-12H2,1-2H3. The Bertz CT molecular complexity index is 4490. The van der Waals surface area contributed by atoms with Crippen LogP contribution in [0.2, 0.25) is 0 Å². The van der Waals surface area contributed by atoms with Gasteiger partial charge in [0.05, 0.1) is 51.8 Å². The van der Waals surface area contributed by atoms with Crippen molar-refractivity contribution >= 4 is 0 Å². The van der Waals surface area contributed by atoms with Crippen molar-refractivity contribution < 1.29 is 117 Å². The summed E-state index contributed by atoms with van der Waals surface area (Å²) in [6.07, 6.45) is -7.09. The van der Waals surface area contributed by atoms with Crippen LogP contribution in [0, 0.1) is 27.7 Å². The minimum absolute atomic E-state index is 0.223. The minimum Gasteiger partial charge on any atom is -0.394 e. The van der Waals surface area contributed by atoms with E-state index in [0.29, 0.717) is 13.2 Å². The maximum Gasteiger partial charge on any atom is 0.184 e. The molecule has 0 aliphatic carbocycles. The quantitative estimate of drug-likeness (QED) is 0.0250. The van der Waals surface area contributed by atoms with E-state index in [4.69, 9.17) is 75.8 Å². The Kier molecular flexibility index (Phi) is 34.8. The van der Waals surface area contributed by atoms with Gasteiger partial charge in [-0.1, -0.05) is 261 Å². The second kappa shape index (κ2) is 45.7. The van der Waals surface area contributed by atoms with Crippen LogP contribution in [-0.4, -0.2) is 190 Å². The van der Waals surface area contributed by atoms with E-state index in [0.717, 1.165) is 120 Å². The fourth-order valence-electron chi connectivity index (χ4n) is 16.9. The fraction of sp³-hybridized carbons (Fsp3) is 0.520. The highest BCUT2D eigenvalue weighted by Crippen LogP contribution is 2.47. The molecule has 0 spiro atoms. The molecule has 8 fully saturated rings. The fourth-order valence-corrected chi connectivity index (χ4v) is 16.9. The molecular formula is C100H128O24. The van der Waals surface area contributed by atoms with Gasteiger partial charge in [-0.15, -0.1) is 0 Å². The van der Waals surface area contributed by atoms with Gasteiger partial charge in [0.1, 0.15) is 97.7 Å². The Balaban J connectivity index is 0.000000143. The summed E-state index contributed by atoms with van der Waals surface area (Å²) in [4.78, 5) is 0. The van der Waals surface area contributed by atoms with Crippen molar-refractivity contribution in [1.82, 2.24) is 0 Å². The van der Waals surface area contributed by atoms with Crippen LogP contribution in [0.4, 0.5) is 0 Å². The van der Waals surface area contributed by atoms with Crippen molar-refractivity contribution in [2.24, 2.45) is 0 Å². The molecule has 8 heterocycles. The molecule has 8 N–H and O–H groups in total. The van der Waals surface area contributed by atoms with Gasteiger partial charge < -0.3 is 117 Å². The normalized spacial score (nSPS) is 30.6. The third kappa shape index (κ3) is 23.3. The monoisotopic (exact) mass is 1710 g/mol. The van der Waals surface area contributed by atoms with E-state index in [1.807, 2.05) is 166 Å². The summed E-state index contributed by atoms with van der Waals surface area (Å²) >= 11 is 0. The molecule has 0 radical (unpaired) electrons. The van der Waals surface area contributed by atoms with E-state index in [2.05, 4.69) is 97.0 Å². The Morgan fingerprint density at radius 3 is 0.871 bits per heavy atom. The summed E-state index contributed by atoms with van der Waals surface area (Å²) in [5.74, 6) is 0. The van der Waals surface area contributed by atoms with E-state index in [1.54, 1.807) is 0 Å². The number of ether oxygens (including phenoxy) is 16. The van der Waals surface area contributed by atoms with Crippen molar-refractivity contribution in [3.05, 3.63) is 283 Å². The van der Waals surface area contributed by atoms with Crippen molar-refractivity contribution in [2.75, 3.05) is 39.6 Å². The molecule has 672 valence electrons. The molecule has 26 atom stereocenters. The number of aliphatic hydroxyl groups excluding tert-OH is 8. The molecule has 8 aliphatic heterocycles. The van der Waals surface area contributed by atoms with Gasteiger partial charge in [-0.2, -0.15) is 0 Å². The molecule has 0 aromatic heterocycles. The van der Waals surface area contributed by atoms with Gasteiger partial charge in [-0.3, -0.25) is 0 Å². The zero-order chi connectivity index (χ0) is 87.5. The molecule has 0 bridgehead atoms. The Morgan fingerprint density at radius 2 is 0.540 bits per heavy atom. The molecular weight excluding hydrogens is 1590 g/mol. The van der Waals surface area contributed by atoms with Gasteiger partial charge in [0.25, 0.3) is 0 Å². The maximum atomic E-state index is 10.7. The predicted octanol–water partition coefficient (Wildman–Crippen LogP) is 14.3. The van der Waals surface area contributed by atoms with Crippen molar-refractivity contribution in [2.45, 2.75) is 294 Å². The third-order valence-electron chi connectivity index (χ3n) is 24.3. The molecule has 16 rings (SSSR count). The number of hydrogen-bond acceptors (Lipinski definition) is 24. The summed E-state index contributed by atoms with van der Waals surface area (Å²) in [6, 6.07) is 63.9. The Hall–Kier alpha value is -7.20. The highest BCUT2D eigenvalue weighted by Gasteiger charge is 2.55. The van der Waals surface area contributed by atoms with E-state index in [1.165, 1.54) is 33.4 Å². The molecule has 26 unspecified atom stereocenters. The molecule has 8 aromatic carbocycles. The average Bonchev–Trinajstić information content (AvgIpc) is 0.775. The Morgan fingerprint density at radius 1 is 0.266 bits per heavy atom. The molecule has 8 aliphatic rings. The average molecular weight is 1710 g/mol. The second-order valence-electron chi connectivity index (χ2n) is 33.3. The molecule has 8 saturated heterocycles. The van der Waals surface area contributed by atoms with Gasteiger partial charge in [0.2, 0.25) is 0 Å². The summed E-state index contributed by atoms with van der Waals surface area (Å²) < 4.78 is 99.1. The minimum atomic E-state index is -1.10. The number of hydrogen-bond donors (Lipinski definition) is 8. The Labute approximate surface area is 729 Å².